The van der Waals surface area contributed by atoms with Crippen molar-refractivity contribution in [2.75, 3.05) is 5.32 Å². The van der Waals surface area contributed by atoms with Gasteiger partial charge in [-0.15, -0.1) is 0 Å². The molecule has 0 saturated carbocycles. The van der Waals surface area contributed by atoms with Crippen molar-refractivity contribution in [3.8, 4) is 0 Å². The molecule has 0 unspecified atom stereocenters. The van der Waals surface area contributed by atoms with Gasteiger partial charge in [-0.1, -0.05) is 42.5 Å². The van der Waals surface area contributed by atoms with Crippen LogP contribution in [0.3, 0.4) is 0 Å². The highest BCUT2D eigenvalue weighted by molar-refractivity contribution is 6.00. The summed E-state index contributed by atoms with van der Waals surface area (Å²) in [6.07, 6.45) is 10.3. The van der Waals surface area contributed by atoms with E-state index in [1.54, 1.807) is 0 Å². The third-order valence-electron chi connectivity index (χ3n) is 3.08. The van der Waals surface area contributed by atoms with Crippen LogP contribution in [0.4, 0.5) is 5.69 Å². The maximum atomic E-state index is 12.1. The van der Waals surface area contributed by atoms with E-state index in [0.717, 1.165) is 16.8 Å². The smallest absolute Gasteiger partial charge is 0.167 e. The predicted octanol–water partition coefficient (Wildman–Crippen LogP) is 2.64. The van der Waals surface area contributed by atoms with Gasteiger partial charge < -0.3 is 5.32 Å². The number of rotatable bonds is 0. The van der Waals surface area contributed by atoms with Gasteiger partial charge in [0.2, 0.25) is 0 Å². The molecule has 0 fully saturated rings. The molecule has 84 valence electrons. The number of ketones is 1. The summed E-state index contributed by atoms with van der Waals surface area (Å²) in [5, 5.41) is 3.44. The Morgan fingerprint density at radius 1 is 1.18 bits per heavy atom. The van der Waals surface area contributed by atoms with Gasteiger partial charge in [-0.25, -0.2) is 0 Å². The first-order valence-corrected chi connectivity index (χ1v) is 5.77. The van der Waals surface area contributed by atoms with Gasteiger partial charge in [-0.05, 0) is 17.7 Å². The third-order valence-corrected chi connectivity index (χ3v) is 3.08. The summed E-state index contributed by atoms with van der Waals surface area (Å²) in [6, 6.07) is 8.07. The van der Waals surface area contributed by atoms with Crippen LogP contribution in [0.15, 0.2) is 60.2 Å². The lowest BCUT2D eigenvalue weighted by molar-refractivity contribution is -0.114. The number of nitrogens with one attached hydrogen (secondary N) is 1. The first kappa shape index (κ1) is 10.1. The second-order valence-electron chi connectivity index (χ2n) is 4.29. The number of hydrogen-bond donors (Lipinski definition) is 1. The summed E-state index contributed by atoms with van der Waals surface area (Å²) in [5.74, 6) is 0.184. The van der Waals surface area contributed by atoms with Crippen molar-refractivity contribution in [3.63, 3.8) is 0 Å². The monoisotopic (exact) mass is 223 g/mol. The minimum Gasteiger partial charge on any atom is -0.375 e. The van der Waals surface area contributed by atoms with Crippen molar-refractivity contribution < 1.29 is 4.79 Å². The van der Waals surface area contributed by atoms with E-state index in [9.17, 15) is 4.79 Å². The molecule has 2 heteroatoms. The quantitative estimate of drug-likeness (QED) is 0.732. The first-order valence-electron chi connectivity index (χ1n) is 5.77. The Bertz CT molecular complexity index is 552. The summed E-state index contributed by atoms with van der Waals surface area (Å²) < 4.78 is 0. The molecule has 0 amide bonds. The van der Waals surface area contributed by atoms with Gasteiger partial charge in [0.1, 0.15) is 0 Å². The molecule has 1 aliphatic heterocycles. The van der Waals surface area contributed by atoms with Crippen LogP contribution in [0.2, 0.25) is 0 Å². The Labute approximate surface area is 100 Å². The Morgan fingerprint density at radius 2 is 2.06 bits per heavy atom. The molecule has 3 rings (SSSR count). The Hall–Kier alpha value is -2.09. The summed E-state index contributed by atoms with van der Waals surface area (Å²) in [6.45, 7) is 0. The number of para-hydroxylation sites is 1. The van der Waals surface area contributed by atoms with E-state index in [1.807, 2.05) is 48.6 Å². The van der Waals surface area contributed by atoms with Crippen molar-refractivity contribution in [1.29, 1.82) is 0 Å². The van der Waals surface area contributed by atoms with E-state index in [1.165, 1.54) is 0 Å². The van der Waals surface area contributed by atoms with E-state index >= 15 is 0 Å². The maximum Gasteiger partial charge on any atom is 0.167 e. The van der Waals surface area contributed by atoms with E-state index in [-0.39, 0.29) is 11.8 Å². The number of benzene rings is 1. The molecule has 1 N–H and O–H groups in total. The number of carbonyl (C=O) groups excluding carboxylic acids is 1. The lowest BCUT2D eigenvalue weighted by Gasteiger charge is -2.19. The molecule has 2 aliphatic rings. The van der Waals surface area contributed by atoms with Crippen molar-refractivity contribution in [3.05, 3.63) is 65.8 Å². The van der Waals surface area contributed by atoms with Gasteiger partial charge >= 0.3 is 0 Å². The number of anilines is 1. The van der Waals surface area contributed by atoms with Gasteiger partial charge in [0.25, 0.3) is 0 Å². The second kappa shape index (κ2) is 4.06. The molecule has 0 saturated heterocycles. The van der Waals surface area contributed by atoms with Crippen LogP contribution in [-0.4, -0.2) is 11.8 Å². The standard InChI is InChI=1S/C15H13NO/c17-15-10-11-5-2-4-8-14(11)16-13-7-3-1-6-12(15)9-13/h1-9,13,16H,10H2/t13-/m1/s1. The highest BCUT2D eigenvalue weighted by Crippen LogP contribution is 2.23. The Balaban J connectivity index is 2.08. The largest absolute Gasteiger partial charge is 0.375 e. The van der Waals surface area contributed by atoms with Gasteiger partial charge in [-0.3, -0.25) is 4.79 Å². The molecule has 2 bridgehead atoms. The van der Waals surface area contributed by atoms with Gasteiger partial charge in [0.05, 0.1) is 6.04 Å². The van der Waals surface area contributed by atoms with Gasteiger partial charge in [0.15, 0.2) is 5.78 Å². The third kappa shape index (κ3) is 1.94. The Kier molecular flexibility index (Phi) is 2.41. The SMILES string of the molecule is O=C1Cc2ccccc2N[C@@H]2C=CC=CC1=C2. The number of carbonyl (C=O) groups is 1. The van der Waals surface area contributed by atoms with Crippen molar-refractivity contribution in [2.45, 2.75) is 12.5 Å². The zero-order chi connectivity index (χ0) is 11.7. The fraction of sp³-hybridized carbons (Fsp3) is 0.133. The van der Waals surface area contributed by atoms with Crippen LogP contribution in [0.5, 0.6) is 0 Å². The highest BCUT2D eigenvalue weighted by atomic mass is 16.1. The van der Waals surface area contributed by atoms with Gasteiger partial charge in [0, 0.05) is 17.7 Å². The Morgan fingerprint density at radius 3 is 3.00 bits per heavy atom. The molecule has 1 heterocycles. The minimum atomic E-state index is 0.0883. The second-order valence-corrected chi connectivity index (χ2v) is 4.29. The molecule has 1 aromatic carbocycles. The minimum absolute atomic E-state index is 0.0883. The average molecular weight is 223 g/mol. The van der Waals surface area contributed by atoms with E-state index in [4.69, 9.17) is 0 Å². The molecule has 1 aliphatic carbocycles. The average Bonchev–Trinajstić information content (AvgIpc) is 2.56. The van der Waals surface area contributed by atoms with E-state index < -0.39 is 0 Å². The molecular formula is C15H13NO. The van der Waals surface area contributed by atoms with Crippen LogP contribution in [0.1, 0.15) is 5.56 Å². The predicted molar refractivity (Wildman–Crippen MR) is 68.9 cm³/mol. The molecule has 2 nitrogen and oxygen atoms in total. The van der Waals surface area contributed by atoms with E-state index in [2.05, 4.69) is 11.4 Å². The lowest BCUT2D eigenvalue weighted by Crippen LogP contribution is -2.20. The molecule has 1 aromatic rings. The fourth-order valence-electron chi connectivity index (χ4n) is 2.19. The summed E-state index contributed by atoms with van der Waals surface area (Å²) in [4.78, 5) is 12.1. The molecular weight excluding hydrogens is 210 g/mol. The molecule has 1 atom stereocenters. The molecule has 17 heavy (non-hydrogen) atoms. The van der Waals surface area contributed by atoms with Crippen LogP contribution in [0.25, 0.3) is 0 Å². The molecule has 0 radical (unpaired) electrons. The number of allylic oxidation sites excluding steroid dienone is 4. The fourth-order valence-corrected chi connectivity index (χ4v) is 2.19. The first-order chi connectivity index (χ1) is 8.33. The van der Waals surface area contributed by atoms with Crippen LogP contribution < -0.4 is 5.32 Å². The van der Waals surface area contributed by atoms with Crippen LogP contribution in [-0.2, 0) is 11.2 Å². The number of fused-ring (bicyclic) bond motifs is 2. The summed E-state index contributed by atoms with van der Waals surface area (Å²) >= 11 is 0. The zero-order valence-electron chi connectivity index (χ0n) is 9.39. The van der Waals surface area contributed by atoms with Crippen LogP contribution >= 0.6 is 0 Å². The normalized spacial score (nSPS) is 21.8. The molecule has 0 aromatic heterocycles. The maximum absolute atomic E-state index is 12.1. The summed E-state index contributed by atoms with van der Waals surface area (Å²) in [7, 11) is 0. The molecule has 0 spiro atoms. The number of hydrogen-bond acceptors (Lipinski definition) is 2. The van der Waals surface area contributed by atoms with Crippen molar-refractivity contribution in [2.24, 2.45) is 0 Å². The van der Waals surface area contributed by atoms with Crippen molar-refractivity contribution >= 4 is 11.5 Å². The topological polar surface area (TPSA) is 29.1 Å². The van der Waals surface area contributed by atoms with Crippen LogP contribution in [0, 0.1) is 0 Å². The lowest BCUT2D eigenvalue weighted by atomic mass is 9.97. The summed E-state index contributed by atoms with van der Waals surface area (Å²) in [5.41, 5.74) is 2.91. The highest BCUT2D eigenvalue weighted by Gasteiger charge is 2.17. The van der Waals surface area contributed by atoms with E-state index in [0.29, 0.717) is 6.42 Å². The van der Waals surface area contributed by atoms with Gasteiger partial charge in [-0.2, -0.15) is 0 Å². The zero-order valence-corrected chi connectivity index (χ0v) is 9.39. The number of Topliss-reactive ketones (excluding diaryl/α,β-unsaturated/α-hetero) is 1. The van der Waals surface area contributed by atoms with Crippen molar-refractivity contribution in [1.82, 2.24) is 0 Å².